The molecule has 0 bridgehead atoms. The van der Waals surface area contributed by atoms with Gasteiger partial charge in [0.15, 0.2) is 11.6 Å². The summed E-state index contributed by atoms with van der Waals surface area (Å²) < 4.78 is 25.3. The average Bonchev–Trinajstić information content (AvgIpc) is 3.83. The van der Waals surface area contributed by atoms with Crippen molar-refractivity contribution in [1.29, 1.82) is 0 Å². The average molecular weight is 858 g/mol. The molecule has 3 amide bonds. The van der Waals surface area contributed by atoms with Gasteiger partial charge in [0.25, 0.3) is 11.8 Å². The quantitative estimate of drug-likeness (QED) is 0.0636. The molecule has 0 spiro atoms. The van der Waals surface area contributed by atoms with Crippen LogP contribution >= 0.6 is 0 Å². The molecule has 2 atom stereocenters. The first-order valence-electron chi connectivity index (χ1n) is 21.5. The Morgan fingerprint density at radius 1 is 0.889 bits per heavy atom. The van der Waals surface area contributed by atoms with Gasteiger partial charge in [-0.05, 0) is 111 Å². The molecule has 3 N–H and O–H groups in total. The fourth-order valence-electron chi connectivity index (χ4n) is 7.43. The summed E-state index contributed by atoms with van der Waals surface area (Å²) in [5.74, 6) is 2.33. The maximum atomic E-state index is 13.2. The number of piperidine rings is 1. The van der Waals surface area contributed by atoms with Crippen LogP contribution in [0, 0.1) is 0 Å². The van der Waals surface area contributed by atoms with Crippen LogP contribution in [0.25, 0.3) is 11.5 Å². The van der Waals surface area contributed by atoms with Gasteiger partial charge in [-0.3, -0.25) is 14.4 Å². The zero-order chi connectivity index (χ0) is 44.0. The number of carbonyl (C=O) groups excluding carboxylic acids is 3. The second-order valence-electron chi connectivity index (χ2n) is 15.5. The lowest BCUT2D eigenvalue weighted by Crippen LogP contribution is -2.49. The molecule has 3 aromatic carbocycles. The van der Waals surface area contributed by atoms with E-state index in [0.717, 1.165) is 54.1 Å². The Kier molecular flexibility index (Phi) is 15.5. The number of carbonyl (C=O) groups is 3. The van der Waals surface area contributed by atoms with Crippen molar-refractivity contribution in [2.45, 2.75) is 70.6 Å². The SMILES string of the molecule is C=C1CCC(N2Cc3cc(OCCOCCCOCCCCCOc4cccc([C@@H](C)NC(=O)c5cccc(NCc6nnc(-c7ccncn7)n6C)c5)c4)ccc3C2=O)C(=O)N1. The van der Waals surface area contributed by atoms with Crippen molar-refractivity contribution in [3.8, 4) is 23.0 Å². The molecule has 330 valence electrons. The first kappa shape index (κ1) is 44.4. The van der Waals surface area contributed by atoms with Crippen LogP contribution in [0.5, 0.6) is 11.5 Å². The standard InChI is InChI=1S/C47H55N9O7/c1-32-14-17-42(46(58)51-32)56-30-36-28-39(15-16-40(36)47(56)59)63-25-24-61-22-9-21-60-20-5-4-6-23-62-38-13-8-10-34(27-38)33(2)52-45(57)35-11-7-12-37(26-35)49-29-43-53-54-44(55(43)3)41-18-19-48-31-50-41/h7-8,10-13,15-16,18-19,26-28,31,33,42,49H,1,4-6,9,14,17,20-25,29-30H2,2-3H3,(H,51,58)(H,52,57)/t33-,42?/m1/s1. The molecule has 0 saturated carbocycles. The van der Waals surface area contributed by atoms with Gasteiger partial charge in [-0.2, -0.15) is 0 Å². The first-order valence-corrected chi connectivity index (χ1v) is 21.5. The minimum atomic E-state index is -0.482. The van der Waals surface area contributed by atoms with Crippen molar-refractivity contribution >= 4 is 23.4 Å². The van der Waals surface area contributed by atoms with Crippen molar-refractivity contribution < 1.29 is 33.3 Å². The van der Waals surface area contributed by atoms with Crippen LogP contribution in [-0.2, 0) is 34.4 Å². The van der Waals surface area contributed by atoms with Gasteiger partial charge in [0.05, 0.1) is 25.8 Å². The largest absolute Gasteiger partial charge is 0.494 e. The number of rotatable bonds is 23. The van der Waals surface area contributed by atoms with E-state index < -0.39 is 6.04 Å². The summed E-state index contributed by atoms with van der Waals surface area (Å²) in [5, 5.41) is 17.8. The van der Waals surface area contributed by atoms with Crippen LogP contribution < -0.4 is 25.4 Å². The number of anilines is 1. The maximum absolute atomic E-state index is 13.2. The minimum Gasteiger partial charge on any atom is -0.494 e. The summed E-state index contributed by atoms with van der Waals surface area (Å²) in [6.07, 6.45) is 8.01. The van der Waals surface area contributed by atoms with Gasteiger partial charge in [-0.15, -0.1) is 10.2 Å². The molecular weight excluding hydrogens is 803 g/mol. The molecular formula is C47H55N9O7. The molecule has 63 heavy (non-hydrogen) atoms. The van der Waals surface area contributed by atoms with Crippen molar-refractivity contribution in [3.05, 3.63) is 126 Å². The summed E-state index contributed by atoms with van der Waals surface area (Å²) in [6.45, 7) is 9.89. The van der Waals surface area contributed by atoms with Crippen LogP contribution in [0.4, 0.5) is 5.69 Å². The van der Waals surface area contributed by atoms with Gasteiger partial charge < -0.3 is 44.4 Å². The van der Waals surface area contributed by atoms with Gasteiger partial charge in [-0.1, -0.05) is 24.8 Å². The zero-order valence-electron chi connectivity index (χ0n) is 35.9. The highest BCUT2D eigenvalue weighted by Gasteiger charge is 2.38. The van der Waals surface area contributed by atoms with Crippen molar-refractivity contribution in [1.82, 2.24) is 40.3 Å². The van der Waals surface area contributed by atoms with Crippen LogP contribution in [0.3, 0.4) is 0 Å². The Morgan fingerprint density at radius 2 is 1.68 bits per heavy atom. The van der Waals surface area contributed by atoms with Crippen molar-refractivity contribution in [2.24, 2.45) is 7.05 Å². The van der Waals surface area contributed by atoms with E-state index in [1.807, 2.05) is 67.1 Å². The third-order valence-electron chi connectivity index (χ3n) is 10.9. The summed E-state index contributed by atoms with van der Waals surface area (Å²) in [5.41, 5.74) is 5.14. The monoisotopic (exact) mass is 857 g/mol. The number of ether oxygens (including phenoxy) is 4. The summed E-state index contributed by atoms with van der Waals surface area (Å²) >= 11 is 0. The molecule has 2 aromatic heterocycles. The lowest BCUT2D eigenvalue weighted by Gasteiger charge is -2.30. The van der Waals surface area contributed by atoms with Crippen molar-refractivity contribution in [2.75, 3.05) is 45.0 Å². The summed E-state index contributed by atoms with van der Waals surface area (Å²) in [6, 6.07) is 21.7. The third-order valence-corrected chi connectivity index (χ3v) is 10.9. The molecule has 2 aliphatic heterocycles. The molecule has 4 heterocycles. The van der Waals surface area contributed by atoms with Gasteiger partial charge in [0.1, 0.15) is 36.2 Å². The van der Waals surface area contributed by atoms with Gasteiger partial charge in [0.2, 0.25) is 5.91 Å². The Labute approximate surface area is 367 Å². The maximum Gasteiger partial charge on any atom is 0.255 e. The number of hydrogen-bond acceptors (Lipinski definition) is 12. The molecule has 1 fully saturated rings. The fourth-order valence-corrected chi connectivity index (χ4v) is 7.43. The highest BCUT2D eigenvalue weighted by molar-refractivity contribution is 6.01. The lowest BCUT2D eigenvalue weighted by molar-refractivity contribution is -0.126. The number of unbranched alkanes of at least 4 members (excludes halogenated alkanes) is 2. The highest BCUT2D eigenvalue weighted by Crippen LogP contribution is 2.31. The number of allylic oxidation sites excluding steroid dienone is 1. The third kappa shape index (κ3) is 12.0. The smallest absolute Gasteiger partial charge is 0.255 e. The summed E-state index contributed by atoms with van der Waals surface area (Å²) in [4.78, 5) is 48.5. The number of nitrogens with zero attached hydrogens (tertiary/aromatic N) is 6. The van der Waals surface area contributed by atoms with Gasteiger partial charge in [0, 0.05) is 62.1 Å². The van der Waals surface area contributed by atoms with E-state index in [-0.39, 0.29) is 23.8 Å². The first-order chi connectivity index (χ1) is 30.7. The van der Waals surface area contributed by atoms with Gasteiger partial charge in [-0.25, -0.2) is 9.97 Å². The lowest BCUT2D eigenvalue weighted by atomic mass is 10.0. The number of amides is 3. The number of fused-ring (bicyclic) bond motifs is 1. The second-order valence-corrected chi connectivity index (χ2v) is 15.5. The predicted molar refractivity (Wildman–Crippen MR) is 236 cm³/mol. The molecule has 0 radical (unpaired) electrons. The predicted octanol–water partition coefficient (Wildman–Crippen LogP) is 6.17. The molecule has 1 saturated heterocycles. The zero-order valence-corrected chi connectivity index (χ0v) is 35.9. The number of benzene rings is 3. The number of nitrogens with one attached hydrogen (secondary N) is 3. The Morgan fingerprint density at radius 3 is 2.52 bits per heavy atom. The summed E-state index contributed by atoms with van der Waals surface area (Å²) in [7, 11) is 1.89. The topological polar surface area (TPSA) is 184 Å². The van der Waals surface area contributed by atoms with E-state index in [4.69, 9.17) is 18.9 Å². The second kappa shape index (κ2) is 21.9. The van der Waals surface area contributed by atoms with Crippen LogP contribution in [0.15, 0.2) is 97.6 Å². The van der Waals surface area contributed by atoms with Gasteiger partial charge >= 0.3 is 0 Å². The van der Waals surface area contributed by atoms with E-state index in [0.29, 0.717) is 99.7 Å². The molecule has 1 unspecified atom stereocenters. The fraction of sp³-hybridized carbons (Fsp3) is 0.383. The number of aromatic nitrogens is 5. The molecule has 2 aliphatic rings. The Hall–Kier alpha value is -6.65. The highest BCUT2D eigenvalue weighted by atomic mass is 16.5. The van der Waals surface area contributed by atoms with Crippen LogP contribution in [-0.4, -0.2) is 93.0 Å². The Bertz CT molecular complexity index is 2350. The molecule has 0 aliphatic carbocycles. The Balaban J connectivity index is 0.712. The molecule has 5 aromatic rings. The van der Waals surface area contributed by atoms with Crippen LogP contribution in [0.1, 0.15) is 89.2 Å². The molecule has 7 rings (SSSR count). The molecule has 16 nitrogen and oxygen atoms in total. The van der Waals surface area contributed by atoms with E-state index in [1.54, 1.807) is 35.4 Å². The minimum absolute atomic E-state index is 0.127. The van der Waals surface area contributed by atoms with E-state index in [9.17, 15) is 14.4 Å². The van der Waals surface area contributed by atoms with Crippen molar-refractivity contribution in [3.63, 3.8) is 0 Å². The number of hydrogen-bond donors (Lipinski definition) is 3. The van der Waals surface area contributed by atoms with Crippen LogP contribution in [0.2, 0.25) is 0 Å². The molecule has 16 heteroatoms. The van der Waals surface area contributed by atoms with E-state index in [2.05, 4.69) is 42.7 Å². The normalized spacial score (nSPS) is 15.2. The van der Waals surface area contributed by atoms with E-state index in [1.165, 1.54) is 6.33 Å². The van der Waals surface area contributed by atoms with E-state index >= 15 is 0 Å².